The Kier molecular flexibility index (Phi) is 3.03. The van der Waals surface area contributed by atoms with Crippen LogP contribution in [0, 0.1) is 0 Å². The monoisotopic (exact) mass is 249 g/mol. The highest BCUT2D eigenvalue weighted by Gasteiger charge is 2.10. The van der Waals surface area contributed by atoms with Crippen molar-refractivity contribution < 1.29 is 10.0 Å². The van der Waals surface area contributed by atoms with Gasteiger partial charge in [0.1, 0.15) is 0 Å². The summed E-state index contributed by atoms with van der Waals surface area (Å²) in [6.07, 6.45) is 3.61. The Balaban J connectivity index is 2.14. The lowest BCUT2D eigenvalue weighted by Gasteiger charge is -2.07. The van der Waals surface area contributed by atoms with Gasteiger partial charge in [-0.05, 0) is 28.0 Å². The molecular weight excluding hydrogens is 237 g/mol. The highest BCUT2D eigenvalue weighted by Crippen LogP contribution is 2.27. The van der Waals surface area contributed by atoms with Crippen molar-refractivity contribution in [2.24, 2.45) is 0 Å². The molecule has 0 spiro atoms. The van der Waals surface area contributed by atoms with E-state index >= 15 is 0 Å². The Hall–Kier alpha value is -2.17. The third-order valence-electron chi connectivity index (χ3n) is 3.20. The lowest BCUT2D eigenvalue weighted by Crippen LogP contribution is -2.29. The lowest BCUT2D eigenvalue weighted by molar-refractivity contribution is 0.426. The van der Waals surface area contributed by atoms with E-state index in [-0.39, 0.29) is 0 Å². The third-order valence-corrected chi connectivity index (χ3v) is 3.20. The Labute approximate surface area is 111 Å². The van der Waals surface area contributed by atoms with Crippen LogP contribution in [0.3, 0.4) is 0 Å². The van der Waals surface area contributed by atoms with Crippen molar-refractivity contribution in [2.45, 2.75) is 0 Å². The van der Waals surface area contributed by atoms with Crippen molar-refractivity contribution in [3.8, 4) is 11.1 Å². The highest BCUT2D eigenvalue weighted by atomic mass is 16.4. The molecule has 0 fully saturated rings. The average molecular weight is 249 g/mol. The van der Waals surface area contributed by atoms with E-state index in [1.807, 2.05) is 42.6 Å². The zero-order chi connectivity index (χ0) is 13.2. The Morgan fingerprint density at radius 2 is 1.68 bits per heavy atom. The number of benzene rings is 2. The van der Waals surface area contributed by atoms with Gasteiger partial charge in [-0.2, -0.15) is 0 Å². The molecule has 0 saturated heterocycles. The van der Waals surface area contributed by atoms with E-state index in [0.717, 1.165) is 21.9 Å². The molecule has 0 atom stereocenters. The van der Waals surface area contributed by atoms with Crippen LogP contribution in [0.15, 0.2) is 60.9 Å². The van der Waals surface area contributed by atoms with Gasteiger partial charge >= 0.3 is 7.12 Å². The SMILES string of the molecule is OB(O)c1ccc(-c2cccc3cnccc23)cc1. The van der Waals surface area contributed by atoms with Crippen LogP contribution < -0.4 is 5.46 Å². The van der Waals surface area contributed by atoms with Gasteiger partial charge in [-0.3, -0.25) is 4.98 Å². The molecule has 0 radical (unpaired) electrons. The van der Waals surface area contributed by atoms with Crippen molar-refractivity contribution in [2.75, 3.05) is 0 Å². The van der Waals surface area contributed by atoms with E-state index in [1.165, 1.54) is 0 Å². The van der Waals surface area contributed by atoms with Crippen LogP contribution in [0.1, 0.15) is 0 Å². The van der Waals surface area contributed by atoms with E-state index < -0.39 is 7.12 Å². The first-order valence-electron chi connectivity index (χ1n) is 6.05. The zero-order valence-electron chi connectivity index (χ0n) is 10.2. The van der Waals surface area contributed by atoms with Crippen molar-refractivity contribution in [1.29, 1.82) is 0 Å². The zero-order valence-corrected chi connectivity index (χ0v) is 10.2. The fraction of sp³-hybridized carbons (Fsp3) is 0. The molecule has 0 unspecified atom stereocenters. The summed E-state index contributed by atoms with van der Waals surface area (Å²) in [5, 5.41) is 20.4. The van der Waals surface area contributed by atoms with E-state index in [9.17, 15) is 0 Å². The molecule has 3 aromatic rings. The van der Waals surface area contributed by atoms with Crippen molar-refractivity contribution in [3.05, 3.63) is 60.9 Å². The molecule has 0 aliphatic rings. The molecule has 2 N–H and O–H groups in total. The van der Waals surface area contributed by atoms with Gasteiger partial charge in [-0.1, -0.05) is 42.5 Å². The summed E-state index contributed by atoms with van der Waals surface area (Å²) < 4.78 is 0. The van der Waals surface area contributed by atoms with Gasteiger partial charge in [-0.25, -0.2) is 0 Å². The molecule has 3 nitrogen and oxygen atoms in total. The fourth-order valence-corrected chi connectivity index (χ4v) is 2.21. The molecule has 1 heterocycles. The van der Waals surface area contributed by atoms with Crippen LogP contribution in [-0.4, -0.2) is 22.2 Å². The second-order valence-electron chi connectivity index (χ2n) is 4.40. The third kappa shape index (κ3) is 2.23. The number of fused-ring (bicyclic) bond motifs is 1. The first-order chi connectivity index (χ1) is 9.25. The predicted molar refractivity (Wildman–Crippen MR) is 77.0 cm³/mol. The smallest absolute Gasteiger partial charge is 0.423 e. The quantitative estimate of drug-likeness (QED) is 0.678. The number of hydrogen-bond acceptors (Lipinski definition) is 3. The topological polar surface area (TPSA) is 53.4 Å². The van der Waals surface area contributed by atoms with Crippen LogP contribution in [-0.2, 0) is 0 Å². The molecule has 0 aliphatic carbocycles. The lowest BCUT2D eigenvalue weighted by atomic mass is 9.79. The molecule has 1 aromatic heterocycles. The van der Waals surface area contributed by atoms with Crippen molar-refractivity contribution >= 4 is 23.4 Å². The summed E-state index contributed by atoms with van der Waals surface area (Å²) in [7, 11) is -1.43. The first-order valence-corrected chi connectivity index (χ1v) is 6.05. The predicted octanol–water partition coefficient (Wildman–Crippen LogP) is 1.58. The maximum absolute atomic E-state index is 9.10. The minimum absolute atomic E-state index is 0.491. The van der Waals surface area contributed by atoms with Gasteiger partial charge in [0.15, 0.2) is 0 Å². The van der Waals surface area contributed by atoms with Gasteiger partial charge in [0.25, 0.3) is 0 Å². The van der Waals surface area contributed by atoms with Gasteiger partial charge in [0.2, 0.25) is 0 Å². The molecule has 3 rings (SSSR count). The minimum Gasteiger partial charge on any atom is -0.423 e. The van der Waals surface area contributed by atoms with Gasteiger partial charge in [0, 0.05) is 17.8 Å². The maximum atomic E-state index is 9.10. The van der Waals surface area contributed by atoms with E-state index in [0.29, 0.717) is 5.46 Å². The van der Waals surface area contributed by atoms with E-state index in [1.54, 1.807) is 18.3 Å². The molecule has 0 amide bonds. The Morgan fingerprint density at radius 3 is 2.42 bits per heavy atom. The van der Waals surface area contributed by atoms with Crippen molar-refractivity contribution in [3.63, 3.8) is 0 Å². The van der Waals surface area contributed by atoms with Crippen LogP contribution >= 0.6 is 0 Å². The summed E-state index contributed by atoms with van der Waals surface area (Å²) in [5.41, 5.74) is 2.64. The highest BCUT2D eigenvalue weighted by molar-refractivity contribution is 6.58. The average Bonchev–Trinajstić information content (AvgIpc) is 2.47. The number of pyridine rings is 1. The molecule has 4 heteroatoms. The molecule has 0 aliphatic heterocycles. The fourth-order valence-electron chi connectivity index (χ4n) is 2.21. The van der Waals surface area contributed by atoms with Gasteiger partial charge in [0.05, 0.1) is 0 Å². The summed E-state index contributed by atoms with van der Waals surface area (Å²) in [4.78, 5) is 4.12. The first kappa shape index (κ1) is 11.9. The number of hydrogen-bond donors (Lipinski definition) is 2. The summed E-state index contributed by atoms with van der Waals surface area (Å²) in [6.45, 7) is 0. The standard InChI is InChI=1S/C15H12BNO2/c18-16(19)13-6-4-11(5-7-13)14-3-1-2-12-10-17-9-8-15(12)14/h1-10,18-19H. The summed E-state index contributed by atoms with van der Waals surface area (Å²) in [5.74, 6) is 0. The number of nitrogens with zero attached hydrogens (tertiary/aromatic N) is 1. The second-order valence-corrected chi connectivity index (χ2v) is 4.40. The van der Waals surface area contributed by atoms with Crippen LogP contribution in [0.25, 0.3) is 21.9 Å². The second kappa shape index (κ2) is 4.84. The maximum Gasteiger partial charge on any atom is 0.488 e. The normalized spacial score (nSPS) is 10.6. The van der Waals surface area contributed by atoms with Crippen LogP contribution in [0.5, 0.6) is 0 Å². The number of rotatable bonds is 2. The molecular formula is C15H12BNO2. The minimum atomic E-state index is -1.43. The Morgan fingerprint density at radius 1 is 0.895 bits per heavy atom. The van der Waals surface area contributed by atoms with Crippen LogP contribution in [0.2, 0.25) is 0 Å². The largest absolute Gasteiger partial charge is 0.488 e. The molecule has 0 bridgehead atoms. The van der Waals surface area contributed by atoms with E-state index in [2.05, 4.69) is 4.98 Å². The van der Waals surface area contributed by atoms with Crippen molar-refractivity contribution in [1.82, 2.24) is 4.98 Å². The number of aromatic nitrogens is 1. The van der Waals surface area contributed by atoms with Gasteiger partial charge in [-0.15, -0.1) is 0 Å². The van der Waals surface area contributed by atoms with Gasteiger partial charge < -0.3 is 10.0 Å². The van der Waals surface area contributed by atoms with Crippen LogP contribution in [0.4, 0.5) is 0 Å². The summed E-state index contributed by atoms with van der Waals surface area (Å²) in [6, 6.07) is 15.3. The summed E-state index contributed by atoms with van der Waals surface area (Å²) >= 11 is 0. The molecule has 92 valence electrons. The molecule has 0 saturated carbocycles. The van der Waals surface area contributed by atoms with E-state index in [4.69, 9.17) is 10.0 Å². The Bertz CT molecular complexity index is 705. The molecule has 19 heavy (non-hydrogen) atoms. The molecule has 2 aromatic carbocycles.